The number of esters is 1. The zero-order valence-electron chi connectivity index (χ0n) is 13.2. The summed E-state index contributed by atoms with van der Waals surface area (Å²) in [6, 6.07) is 15.4. The summed E-state index contributed by atoms with van der Waals surface area (Å²) in [5.41, 5.74) is 1.12. The maximum Gasteiger partial charge on any atom is 0.343 e. The van der Waals surface area contributed by atoms with E-state index < -0.39 is 5.97 Å². The lowest BCUT2D eigenvalue weighted by Crippen LogP contribution is -2.16. The zero-order chi connectivity index (χ0) is 15.9. The van der Waals surface area contributed by atoms with Gasteiger partial charge in [-0.25, -0.2) is 4.79 Å². The molecule has 5 heteroatoms. The van der Waals surface area contributed by atoms with E-state index >= 15 is 0 Å². The summed E-state index contributed by atoms with van der Waals surface area (Å²) >= 11 is 0. The number of nitrogens with zero attached hydrogens (tertiary/aromatic N) is 1. The molecule has 0 saturated carbocycles. The van der Waals surface area contributed by atoms with Crippen LogP contribution < -0.4 is 4.74 Å². The third-order valence-corrected chi connectivity index (χ3v) is 3.18. The van der Waals surface area contributed by atoms with Gasteiger partial charge in [0.05, 0.1) is 5.56 Å². The van der Waals surface area contributed by atoms with Gasteiger partial charge in [0.25, 0.3) is 0 Å². The van der Waals surface area contributed by atoms with E-state index in [1.54, 1.807) is 48.5 Å². The molecule has 0 N–H and O–H groups in total. The Morgan fingerprint density at radius 2 is 1.52 bits per heavy atom. The SMILES string of the molecule is CN(C)CCC(=O)c1ccc(OC(=O)c2ccccc2)cc1.Cl. The van der Waals surface area contributed by atoms with E-state index in [0.29, 0.717) is 29.8 Å². The van der Waals surface area contributed by atoms with Gasteiger partial charge in [-0.3, -0.25) is 4.79 Å². The quantitative estimate of drug-likeness (QED) is 0.461. The molecule has 0 unspecified atom stereocenters. The second kappa shape index (κ2) is 9.08. The maximum atomic E-state index is 12.0. The Kier molecular flexibility index (Phi) is 7.45. The van der Waals surface area contributed by atoms with Gasteiger partial charge in [-0.15, -0.1) is 12.4 Å². The molecule has 0 atom stereocenters. The molecule has 0 aromatic heterocycles. The first-order valence-electron chi connectivity index (χ1n) is 7.11. The molecular weight excluding hydrogens is 314 g/mol. The van der Waals surface area contributed by atoms with E-state index in [-0.39, 0.29) is 18.2 Å². The molecule has 0 aliphatic rings. The number of carbonyl (C=O) groups excluding carboxylic acids is 2. The summed E-state index contributed by atoms with van der Waals surface area (Å²) in [4.78, 5) is 25.9. The minimum atomic E-state index is -0.410. The number of halogens is 1. The smallest absolute Gasteiger partial charge is 0.343 e. The Bertz CT molecular complexity index is 639. The largest absolute Gasteiger partial charge is 0.423 e. The van der Waals surface area contributed by atoms with Gasteiger partial charge in [-0.1, -0.05) is 18.2 Å². The maximum absolute atomic E-state index is 12.0. The molecule has 4 nitrogen and oxygen atoms in total. The lowest BCUT2D eigenvalue weighted by atomic mass is 10.1. The van der Waals surface area contributed by atoms with E-state index in [2.05, 4.69) is 0 Å². The normalized spacial score (nSPS) is 10.0. The predicted octanol–water partition coefficient (Wildman–Crippen LogP) is 3.46. The van der Waals surface area contributed by atoms with Crippen molar-refractivity contribution in [1.82, 2.24) is 4.90 Å². The Balaban J connectivity index is 0.00000264. The summed E-state index contributed by atoms with van der Waals surface area (Å²) in [6.07, 6.45) is 0.468. The first-order valence-corrected chi connectivity index (χ1v) is 7.11. The van der Waals surface area contributed by atoms with E-state index in [9.17, 15) is 9.59 Å². The summed E-state index contributed by atoms with van der Waals surface area (Å²) < 4.78 is 5.27. The molecule has 0 bridgehead atoms. The summed E-state index contributed by atoms with van der Waals surface area (Å²) in [5, 5.41) is 0. The van der Waals surface area contributed by atoms with Gasteiger partial charge in [0, 0.05) is 18.5 Å². The molecule has 2 aromatic carbocycles. The van der Waals surface area contributed by atoms with Crippen LogP contribution in [-0.2, 0) is 0 Å². The molecule has 0 aliphatic carbocycles. The van der Waals surface area contributed by atoms with E-state index in [0.717, 1.165) is 0 Å². The van der Waals surface area contributed by atoms with Gasteiger partial charge < -0.3 is 9.64 Å². The molecule has 0 amide bonds. The number of carbonyl (C=O) groups is 2. The second-order valence-corrected chi connectivity index (χ2v) is 5.26. The topological polar surface area (TPSA) is 46.6 Å². The van der Waals surface area contributed by atoms with Crippen molar-refractivity contribution in [1.29, 1.82) is 0 Å². The molecule has 0 heterocycles. The number of rotatable bonds is 6. The Hall–Kier alpha value is -2.17. The van der Waals surface area contributed by atoms with Crippen molar-refractivity contribution in [3.8, 4) is 5.75 Å². The molecular formula is C18H20ClNO3. The van der Waals surface area contributed by atoms with Gasteiger partial charge in [0.1, 0.15) is 5.75 Å². The molecule has 0 aliphatic heterocycles. The highest BCUT2D eigenvalue weighted by molar-refractivity contribution is 5.96. The first-order chi connectivity index (χ1) is 10.6. The zero-order valence-corrected chi connectivity index (χ0v) is 14.0. The fourth-order valence-corrected chi connectivity index (χ4v) is 1.92. The Labute approximate surface area is 142 Å². The highest BCUT2D eigenvalue weighted by Gasteiger charge is 2.09. The van der Waals surface area contributed by atoms with Crippen molar-refractivity contribution in [2.75, 3.05) is 20.6 Å². The predicted molar refractivity (Wildman–Crippen MR) is 92.6 cm³/mol. The van der Waals surface area contributed by atoms with Crippen LogP contribution in [0.5, 0.6) is 5.75 Å². The third kappa shape index (κ3) is 5.85. The van der Waals surface area contributed by atoms with Crippen molar-refractivity contribution in [3.63, 3.8) is 0 Å². The van der Waals surface area contributed by atoms with Crippen LogP contribution in [0.15, 0.2) is 54.6 Å². The van der Waals surface area contributed by atoms with Crippen LogP contribution in [0, 0.1) is 0 Å². The van der Waals surface area contributed by atoms with Crippen molar-refractivity contribution in [2.24, 2.45) is 0 Å². The van der Waals surface area contributed by atoms with Crippen LogP contribution in [0.2, 0.25) is 0 Å². The molecule has 0 fully saturated rings. The van der Waals surface area contributed by atoms with E-state index in [1.165, 1.54) is 0 Å². The number of hydrogen-bond donors (Lipinski definition) is 0. The third-order valence-electron chi connectivity index (χ3n) is 3.18. The molecule has 2 rings (SSSR count). The minimum Gasteiger partial charge on any atom is -0.423 e. The van der Waals surface area contributed by atoms with Crippen molar-refractivity contribution in [3.05, 3.63) is 65.7 Å². The van der Waals surface area contributed by atoms with Crippen LogP contribution in [-0.4, -0.2) is 37.3 Å². The number of ether oxygens (including phenoxy) is 1. The average Bonchev–Trinajstić information content (AvgIpc) is 2.54. The fraction of sp³-hybridized carbons (Fsp3) is 0.222. The fourth-order valence-electron chi connectivity index (χ4n) is 1.92. The van der Waals surface area contributed by atoms with Crippen molar-refractivity contribution >= 4 is 24.2 Å². The molecule has 0 radical (unpaired) electrons. The average molecular weight is 334 g/mol. The Morgan fingerprint density at radius 1 is 0.913 bits per heavy atom. The van der Waals surface area contributed by atoms with Crippen molar-refractivity contribution < 1.29 is 14.3 Å². The van der Waals surface area contributed by atoms with E-state index in [4.69, 9.17) is 4.74 Å². The summed E-state index contributed by atoms with van der Waals surface area (Å²) in [7, 11) is 3.86. The van der Waals surface area contributed by atoms with Gasteiger partial charge in [-0.2, -0.15) is 0 Å². The van der Waals surface area contributed by atoms with Gasteiger partial charge in [0.15, 0.2) is 5.78 Å². The summed E-state index contributed by atoms with van der Waals surface area (Å²) in [6.45, 7) is 0.712. The standard InChI is InChI=1S/C18H19NO3.ClH/c1-19(2)13-12-17(20)14-8-10-16(11-9-14)22-18(21)15-6-4-3-5-7-15;/h3-11H,12-13H2,1-2H3;1H. The van der Waals surface area contributed by atoms with Gasteiger partial charge in [-0.05, 0) is 50.5 Å². The summed E-state index contributed by atoms with van der Waals surface area (Å²) in [5.74, 6) is 0.0972. The van der Waals surface area contributed by atoms with E-state index in [1.807, 2.05) is 25.1 Å². The number of benzene rings is 2. The van der Waals surface area contributed by atoms with Crippen LogP contribution >= 0.6 is 12.4 Å². The van der Waals surface area contributed by atoms with Crippen LogP contribution in [0.1, 0.15) is 27.1 Å². The molecule has 23 heavy (non-hydrogen) atoms. The van der Waals surface area contributed by atoms with Gasteiger partial charge in [0.2, 0.25) is 0 Å². The highest BCUT2D eigenvalue weighted by Crippen LogP contribution is 2.15. The van der Waals surface area contributed by atoms with Crippen molar-refractivity contribution in [2.45, 2.75) is 6.42 Å². The Morgan fingerprint density at radius 3 is 2.09 bits per heavy atom. The van der Waals surface area contributed by atoms with Crippen LogP contribution in [0.25, 0.3) is 0 Å². The van der Waals surface area contributed by atoms with Gasteiger partial charge >= 0.3 is 5.97 Å². The minimum absolute atomic E-state index is 0. The van der Waals surface area contributed by atoms with Crippen LogP contribution in [0.3, 0.4) is 0 Å². The number of hydrogen-bond acceptors (Lipinski definition) is 4. The number of Topliss-reactive ketones (excluding diaryl/α,β-unsaturated/α-hetero) is 1. The van der Waals surface area contributed by atoms with Crippen LogP contribution in [0.4, 0.5) is 0 Å². The molecule has 122 valence electrons. The lowest BCUT2D eigenvalue weighted by Gasteiger charge is -2.09. The molecule has 2 aromatic rings. The monoisotopic (exact) mass is 333 g/mol. The first kappa shape index (κ1) is 18.9. The number of ketones is 1. The molecule has 0 saturated heterocycles. The molecule has 0 spiro atoms. The lowest BCUT2D eigenvalue weighted by molar-refractivity contribution is 0.0734. The second-order valence-electron chi connectivity index (χ2n) is 5.26. The highest BCUT2D eigenvalue weighted by atomic mass is 35.5.